The predicted molar refractivity (Wildman–Crippen MR) is 72.4 cm³/mol. The Kier molecular flexibility index (Phi) is 5.64. The van der Waals surface area contributed by atoms with Gasteiger partial charge < -0.3 is 5.11 Å². The molecule has 0 aliphatic rings. The Morgan fingerprint density at radius 2 is 2.05 bits per heavy atom. The number of aliphatic carboxylic acids is 1. The largest absolute Gasteiger partial charge is 0.480 e. The quantitative estimate of drug-likeness (QED) is 0.807. The van der Waals surface area contributed by atoms with Crippen molar-refractivity contribution in [2.24, 2.45) is 0 Å². The zero-order chi connectivity index (χ0) is 15.3. The van der Waals surface area contributed by atoms with Crippen LogP contribution in [-0.4, -0.2) is 25.5 Å². The molecule has 0 heterocycles. The number of rotatable bonds is 7. The maximum Gasteiger partial charge on any atom is 0.321 e. The highest BCUT2D eigenvalue weighted by Gasteiger charge is 2.25. The first-order valence-corrected chi connectivity index (χ1v) is 7.77. The minimum Gasteiger partial charge on any atom is -0.480 e. The molecule has 0 aromatic heterocycles. The summed E-state index contributed by atoms with van der Waals surface area (Å²) in [5.41, 5.74) is 0.450. The summed E-state index contributed by atoms with van der Waals surface area (Å²) in [5, 5.41) is 9.02. The first-order chi connectivity index (χ1) is 9.26. The van der Waals surface area contributed by atoms with Gasteiger partial charge in [0.05, 0.1) is 4.90 Å². The molecule has 2 N–H and O–H groups in total. The minimum atomic E-state index is -4.05. The Morgan fingerprint density at radius 3 is 2.55 bits per heavy atom. The lowest BCUT2D eigenvalue weighted by Gasteiger charge is -2.14. The van der Waals surface area contributed by atoms with E-state index < -0.39 is 27.9 Å². The van der Waals surface area contributed by atoms with E-state index in [-0.39, 0.29) is 11.3 Å². The molecule has 20 heavy (non-hydrogen) atoms. The van der Waals surface area contributed by atoms with E-state index in [1.54, 1.807) is 6.92 Å². The predicted octanol–water partition coefficient (Wildman–Crippen LogP) is 2.06. The highest BCUT2D eigenvalue weighted by molar-refractivity contribution is 7.89. The zero-order valence-corrected chi connectivity index (χ0v) is 12.2. The standard InChI is InChI=1S/C13H18FNO4S/c1-3-4-5-12(13(16)17)15-20(18,19)11-7-9(2)6-10(14)8-11/h6-8,12,15H,3-5H2,1-2H3,(H,16,17). The third-order valence-electron chi connectivity index (χ3n) is 2.77. The Hall–Kier alpha value is -1.47. The molecule has 0 fully saturated rings. The van der Waals surface area contributed by atoms with Crippen LogP contribution in [0, 0.1) is 12.7 Å². The third-order valence-corrected chi connectivity index (χ3v) is 4.22. The average Bonchev–Trinajstić information content (AvgIpc) is 2.32. The van der Waals surface area contributed by atoms with Crippen LogP contribution >= 0.6 is 0 Å². The number of hydrogen-bond acceptors (Lipinski definition) is 3. The molecule has 0 amide bonds. The Balaban J connectivity index is 3.00. The summed E-state index contributed by atoms with van der Waals surface area (Å²) in [5.74, 6) is -1.92. The van der Waals surface area contributed by atoms with E-state index in [2.05, 4.69) is 4.72 Å². The summed E-state index contributed by atoms with van der Waals surface area (Å²) in [6, 6.07) is 2.16. The maximum atomic E-state index is 13.2. The number of halogens is 1. The molecule has 1 unspecified atom stereocenters. The molecular formula is C13H18FNO4S. The van der Waals surface area contributed by atoms with Crippen LogP contribution in [0.15, 0.2) is 23.1 Å². The molecular weight excluding hydrogens is 285 g/mol. The minimum absolute atomic E-state index is 0.194. The molecule has 1 aromatic carbocycles. The van der Waals surface area contributed by atoms with E-state index >= 15 is 0 Å². The van der Waals surface area contributed by atoms with Crippen molar-refractivity contribution in [3.05, 3.63) is 29.6 Å². The van der Waals surface area contributed by atoms with Crippen molar-refractivity contribution in [1.82, 2.24) is 4.72 Å². The van der Waals surface area contributed by atoms with E-state index in [4.69, 9.17) is 5.11 Å². The van der Waals surface area contributed by atoms with Gasteiger partial charge in [-0.2, -0.15) is 4.72 Å². The van der Waals surface area contributed by atoms with Gasteiger partial charge in [0.15, 0.2) is 0 Å². The molecule has 0 saturated carbocycles. The molecule has 112 valence electrons. The fraction of sp³-hybridized carbons (Fsp3) is 0.462. The van der Waals surface area contributed by atoms with Crippen molar-refractivity contribution in [2.45, 2.75) is 44.0 Å². The van der Waals surface area contributed by atoms with Crippen molar-refractivity contribution in [3.8, 4) is 0 Å². The average molecular weight is 303 g/mol. The second-order valence-corrected chi connectivity index (χ2v) is 6.33. The number of hydrogen-bond donors (Lipinski definition) is 2. The number of carboxylic acids is 1. The van der Waals surface area contributed by atoms with E-state index in [0.29, 0.717) is 12.0 Å². The number of nitrogens with one attached hydrogen (secondary N) is 1. The smallest absolute Gasteiger partial charge is 0.321 e. The molecule has 1 atom stereocenters. The fourth-order valence-electron chi connectivity index (χ4n) is 1.75. The number of sulfonamides is 1. The van der Waals surface area contributed by atoms with Crippen LogP contribution in [0.3, 0.4) is 0 Å². The number of carbonyl (C=O) groups is 1. The second-order valence-electron chi connectivity index (χ2n) is 4.62. The monoisotopic (exact) mass is 303 g/mol. The molecule has 0 spiro atoms. The number of benzene rings is 1. The molecule has 0 saturated heterocycles. The summed E-state index contributed by atoms with van der Waals surface area (Å²) in [6.45, 7) is 3.44. The number of aryl methyl sites for hydroxylation is 1. The summed E-state index contributed by atoms with van der Waals surface area (Å²) in [7, 11) is -4.05. The maximum absolute atomic E-state index is 13.2. The summed E-state index contributed by atoms with van der Waals surface area (Å²) in [4.78, 5) is 10.8. The van der Waals surface area contributed by atoms with Gasteiger partial charge in [-0.1, -0.05) is 19.8 Å². The first-order valence-electron chi connectivity index (χ1n) is 6.28. The van der Waals surface area contributed by atoms with E-state index in [1.165, 1.54) is 12.1 Å². The van der Waals surface area contributed by atoms with E-state index in [9.17, 15) is 17.6 Å². The normalized spacial score (nSPS) is 13.2. The fourth-order valence-corrected chi connectivity index (χ4v) is 3.09. The van der Waals surface area contributed by atoms with Crippen LogP contribution in [0.25, 0.3) is 0 Å². The van der Waals surface area contributed by atoms with Crippen LogP contribution in [0.1, 0.15) is 31.7 Å². The summed E-state index contributed by atoms with van der Waals surface area (Å²) in [6.07, 6.45) is 1.53. The van der Waals surface area contributed by atoms with Crippen LogP contribution in [0.4, 0.5) is 4.39 Å². The van der Waals surface area contributed by atoms with Gasteiger partial charge in [-0.15, -0.1) is 0 Å². The van der Waals surface area contributed by atoms with Crippen LogP contribution < -0.4 is 4.72 Å². The van der Waals surface area contributed by atoms with Gasteiger partial charge in [0.2, 0.25) is 10.0 Å². The van der Waals surface area contributed by atoms with Gasteiger partial charge in [0.25, 0.3) is 0 Å². The Morgan fingerprint density at radius 1 is 1.40 bits per heavy atom. The molecule has 1 aromatic rings. The number of carboxylic acid groups (broad SMARTS) is 1. The Labute approximate surface area is 117 Å². The van der Waals surface area contributed by atoms with Crippen LogP contribution in [0.2, 0.25) is 0 Å². The Bertz CT molecular complexity index is 566. The molecule has 0 bridgehead atoms. The van der Waals surface area contributed by atoms with Gasteiger partial charge in [0, 0.05) is 0 Å². The highest BCUT2D eigenvalue weighted by atomic mass is 32.2. The van der Waals surface area contributed by atoms with Crippen LogP contribution in [0.5, 0.6) is 0 Å². The van der Waals surface area contributed by atoms with Gasteiger partial charge in [-0.25, -0.2) is 12.8 Å². The van der Waals surface area contributed by atoms with Gasteiger partial charge in [-0.3, -0.25) is 4.79 Å². The molecule has 1 rings (SSSR count). The second kappa shape index (κ2) is 6.81. The lowest BCUT2D eigenvalue weighted by atomic mass is 10.1. The first kappa shape index (κ1) is 16.6. The van der Waals surface area contributed by atoms with Crippen LogP contribution in [-0.2, 0) is 14.8 Å². The summed E-state index contributed by atoms with van der Waals surface area (Å²) < 4.78 is 39.5. The zero-order valence-electron chi connectivity index (χ0n) is 11.4. The molecule has 0 aliphatic heterocycles. The molecule has 7 heteroatoms. The third kappa shape index (κ3) is 4.57. The molecule has 0 aliphatic carbocycles. The van der Waals surface area contributed by atoms with E-state index in [1.807, 2.05) is 6.92 Å². The topological polar surface area (TPSA) is 83.5 Å². The highest BCUT2D eigenvalue weighted by Crippen LogP contribution is 2.15. The van der Waals surface area contributed by atoms with Gasteiger partial charge in [0.1, 0.15) is 11.9 Å². The number of unbranched alkanes of at least 4 members (excludes halogenated alkanes) is 1. The van der Waals surface area contributed by atoms with Crippen molar-refractivity contribution < 1.29 is 22.7 Å². The van der Waals surface area contributed by atoms with Gasteiger partial charge >= 0.3 is 5.97 Å². The van der Waals surface area contributed by atoms with Crippen molar-refractivity contribution in [3.63, 3.8) is 0 Å². The lowest BCUT2D eigenvalue weighted by molar-refractivity contribution is -0.139. The lowest BCUT2D eigenvalue weighted by Crippen LogP contribution is -2.40. The van der Waals surface area contributed by atoms with Crippen molar-refractivity contribution >= 4 is 16.0 Å². The van der Waals surface area contributed by atoms with E-state index in [0.717, 1.165) is 12.5 Å². The molecule has 0 radical (unpaired) electrons. The SMILES string of the molecule is CCCCC(NS(=O)(=O)c1cc(C)cc(F)c1)C(=O)O. The molecule has 5 nitrogen and oxygen atoms in total. The van der Waals surface area contributed by atoms with Crippen molar-refractivity contribution in [2.75, 3.05) is 0 Å². The summed E-state index contributed by atoms with van der Waals surface area (Å²) >= 11 is 0. The van der Waals surface area contributed by atoms with Crippen molar-refractivity contribution in [1.29, 1.82) is 0 Å². The van der Waals surface area contributed by atoms with Gasteiger partial charge in [-0.05, 0) is 37.1 Å².